The van der Waals surface area contributed by atoms with Crippen molar-refractivity contribution in [2.45, 2.75) is 44.4 Å². The molecule has 2 aliphatic rings. The van der Waals surface area contributed by atoms with Crippen LogP contribution in [-0.2, 0) is 10.2 Å². The molecule has 1 aromatic heterocycles. The number of nitrogens with two attached hydrogens (primary N) is 1. The minimum Gasteiger partial charge on any atom is -0.330 e. The van der Waals surface area contributed by atoms with Crippen LogP contribution in [0, 0.1) is 5.92 Å². The van der Waals surface area contributed by atoms with E-state index in [1.807, 2.05) is 17.0 Å². The number of aliphatic imine (C=N–C) groups is 1. The number of imidazole rings is 1. The van der Waals surface area contributed by atoms with Crippen LogP contribution in [0.15, 0.2) is 29.3 Å². The molecule has 2 atom stereocenters. The highest BCUT2D eigenvalue weighted by molar-refractivity contribution is 5.86. The van der Waals surface area contributed by atoms with Gasteiger partial charge in [-0.2, -0.15) is 0 Å². The summed E-state index contributed by atoms with van der Waals surface area (Å²) < 4.78 is 1.96. The Morgan fingerprint density at radius 2 is 2.38 bits per heavy atom. The van der Waals surface area contributed by atoms with Crippen LogP contribution in [0.5, 0.6) is 0 Å². The first kappa shape index (κ1) is 14.2. The highest BCUT2D eigenvalue weighted by Gasteiger charge is 2.56. The third-order valence-electron chi connectivity index (χ3n) is 4.65. The highest BCUT2D eigenvalue weighted by Crippen LogP contribution is 2.54. The van der Waals surface area contributed by atoms with Gasteiger partial charge in [0, 0.05) is 18.8 Å². The zero-order valence-electron chi connectivity index (χ0n) is 12.5. The standard InChI is InChI=1S/C16H22N4O/c1-12-4-5-15(18-8-12)20-9-14(19-11-20)16(10-21)7-13(16)3-2-6-17/h8-11,13H,2-7,17H2,1H3. The molecule has 2 N–H and O–H groups in total. The second-order valence-corrected chi connectivity index (χ2v) is 6.18. The molecule has 0 bridgehead atoms. The summed E-state index contributed by atoms with van der Waals surface area (Å²) in [5, 5.41) is 0. The maximum Gasteiger partial charge on any atom is 0.132 e. The average Bonchev–Trinajstić information content (AvgIpc) is 3.00. The summed E-state index contributed by atoms with van der Waals surface area (Å²) in [6.07, 6.45) is 11.6. The molecule has 2 unspecified atom stereocenters. The fourth-order valence-electron chi connectivity index (χ4n) is 3.11. The number of allylic oxidation sites excluding steroid dienone is 1. The van der Waals surface area contributed by atoms with Crippen molar-refractivity contribution < 1.29 is 4.79 Å². The quantitative estimate of drug-likeness (QED) is 0.842. The zero-order chi connectivity index (χ0) is 14.9. The predicted octanol–water partition coefficient (Wildman–Crippen LogP) is 2.02. The lowest BCUT2D eigenvalue weighted by molar-refractivity contribution is -0.110. The van der Waals surface area contributed by atoms with Crippen LogP contribution in [-0.4, -0.2) is 28.2 Å². The molecule has 3 rings (SSSR count). The van der Waals surface area contributed by atoms with Gasteiger partial charge in [-0.3, -0.25) is 4.57 Å². The molecule has 1 fully saturated rings. The van der Waals surface area contributed by atoms with Crippen molar-refractivity contribution in [1.29, 1.82) is 0 Å². The van der Waals surface area contributed by atoms with Crippen LogP contribution in [0.25, 0.3) is 0 Å². The van der Waals surface area contributed by atoms with Crippen molar-refractivity contribution in [2.24, 2.45) is 16.6 Å². The van der Waals surface area contributed by atoms with Gasteiger partial charge < -0.3 is 10.5 Å². The van der Waals surface area contributed by atoms with Crippen molar-refractivity contribution >= 4 is 12.1 Å². The molecule has 0 amide bonds. The van der Waals surface area contributed by atoms with Crippen molar-refractivity contribution in [3.8, 4) is 0 Å². The molecule has 1 aliphatic heterocycles. The molecule has 5 nitrogen and oxygen atoms in total. The minimum absolute atomic E-state index is 0.374. The van der Waals surface area contributed by atoms with Crippen molar-refractivity contribution in [2.75, 3.05) is 6.54 Å². The van der Waals surface area contributed by atoms with Crippen LogP contribution in [0.1, 0.15) is 44.7 Å². The van der Waals surface area contributed by atoms with Crippen LogP contribution in [0.4, 0.5) is 0 Å². The Bertz CT molecular complexity index is 601. The fraction of sp³-hybridized carbons (Fsp3) is 0.562. The monoisotopic (exact) mass is 286 g/mol. The fourth-order valence-corrected chi connectivity index (χ4v) is 3.11. The summed E-state index contributed by atoms with van der Waals surface area (Å²) in [4.78, 5) is 20.5. The highest BCUT2D eigenvalue weighted by atomic mass is 16.1. The first-order valence-corrected chi connectivity index (χ1v) is 7.63. The first-order valence-electron chi connectivity index (χ1n) is 7.63. The summed E-state index contributed by atoms with van der Waals surface area (Å²) in [5.41, 5.74) is 7.36. The van der Waals surface area contributed by atoms with Crippen LogP contribution >= 0.6 is 0 Å². The van der Waals surface area contributed by atoms with Gasteiger partial charge in [0.2, 0.25) is 0 Å². The Morgan fingerprint density at radius 1 is 1.52 bits per heavy atom. The normalized spacial score (nSPS) is 28.0. The van der Waals surface area contributed by atoms with E-state index in [1.165, 1.54) is 5.57 Å². The number of aldehydes is 1. The summed E-state index contributed by atoms with van der Waals surface area (Å²) in [6, 6.07) is 0. The molecular formula is C16H22N4O. The lowest BCUT2D eigenvalue weighted by atomic mass is 9.99. The lowest BCUT2D eigenvalue weighted by Gasteiger charge is -2.11. The topological polar surface area (TPSA) is 73.3 Å². The van der Waals surface area contributed by atoms with Gasteiger partial charge >= 0.3 is 0 Å². The lowest BCUT2D eigenvalue weighted by Crippen LogP contribution is -2.15. The largest absolute Gasteiger partial charge is 0.330 e. The van der Waals surface area contributed by atoms with E-state index < -0.39 is 0 Å². The van der Waals surface area contributed by atoms with E-state index in [-0.39, 0.29) is 5.41 Å². The molecule has 0 radical (unpaired) electrons. The van der Waals surface area contributed by atoms with Crippen molar-refractivity contribution in [3.63, 3.8) is 0 Å². The molecule has 112 valence electrons. The van der Waals surface area contributed by atoms with Gasteiger partial charge in [0.15, 0.2) is 0 Å². The van der Waals surface area contributed by atoms with Crippen LogP contribution in [0.2, 0.25) is 0 Å². The number of carbonyl (C=O) groups is 1. The first-order chi connectivity index (χ1) is 10.2. The van der Waals surface area contributed by atoms with E-state index in [4.69, 9.17) is 5.73 Å². The molecule has 0 saturated heterocycles. The van der Waals surface area contributed by atoms with E-state index >= 15 is 0 Å². The molecule has 1 aromatic rings. The van der Waals surface area contributed by atoms with E-state index in [9.17, 15) is 4.79 Å². The molecule has 2 heterocycles. The molecule has 0 aromatic carbocycles. The smallest absolute Gasteiger partial charge is 0.132 e. The van der Waals surface area contributed by atoms with E-state index in [0.717, 1.165) is 49.9 Å². The van der Waals surface area contributed by atoms with Gasteiger partial charge in [0.1, 0.15) is 18.4 Å². The van der Waals surface area contributed by atoms with E-state index in [1.54, 1.807) is 6.33 Å². The maximum atomic E-state index is 11.6. The zero-order valence-corrected chi connectivity index (χ0v) is 12.5. The Morgan fingerprint density at radius 3 is 3.05 bits per heavy atom. The molecule has 1 aliphatic carbocycles. The Labute approximate surface area is 125 Å². The second kappa shape index (κ2) is 5.56. The molecule has 21 heavy (non-hydrogen) atoms. The Kier molecular flexibility index (Phi) is 3.76. The molecule has 0 spiro atoms. The second-order valence-electron chi connectivity index (χ2n) is 6.18. The van der Waals surface area contributed by atoms with Gasteiger partial charge in [-0.25, -0.2) is 9.98 Å². The van der Waals surface area contributed by atoms with E-state index in [2.05, 4.69) is 16.9 Å². The third kappa shape index (κ3) is 2.58. The number of rotatable bonds is 5. The Balaban J connectivity index is 1.77. The summed E-state index contributed by atoms with van der Waals surface area (Å²) in [6.45, 7) is 2.77. The number of aromatic nitrogens is 2. The van der Waals surface area contributed by atoms with E-state index in [0.29, 0.717) is 12.5 Å². The van der Waals surface area contributed by atoms with Gasteiger partial charge in [0.25, 0.3) is 0 Å². The molecule has 5 heteroatoms. The van der Waals surface area contributed by atoms with Gasteiger partial charge in [-0.15, -0.1) is 0 Å². The van der Waals surface area contributed by atoms with Crippen LogP contribution < -0.4 is 5.73 Å². The summed E-state index contributed by atoms with van der Waals surface area (Å²) in [7, 11) is 0. The SMILES string of the molecule is CC1=CN=C(n2cnc(C3(C=O)CC3CCCN)c2)CC1. The Hall–Kier alpha value is -1.75. The predicted molar refractivity (Wildman–Crippen MR) is 82.2 cm³/mol. The van der Waals surface area contributed by atoms with Gasteiger partial charge in [0.05, 0.1) is 11.1 Å². The van der Waals surface area contributed by atoms with Crippen LogP contribution in [0.3, 0.4) is 0 Å². The number of nitrogens with zero attached hydrogens (tertiary/aromatic N) is 3. The maximum absolute atomic E-state index is 11.6. The number of hydrogen-bond acceptors (Lipinski definition) is 4. The third-order valence-corrected chi connectivity index (χ3v) is 4.65. The number of hydrogen-bond donors (Lipinski definition) is 1. The average molecular weight is 286 g/mol. The van der Waals surface area contributed by atoms with Gasteiger partial charge in [-0.1, -0.05) is 5.57 Å². The number of carbonyl (C=O) groups excluding carboxylic acids is 1. The summed E-state index contributed by atoms with van der Waals surface area (Å²) in [5.74, 6) is 1.40. The molecular weight excluding hydrogens is 264 g/mol. The summed E-state index contributed by atoms with van der Waals surface area (Å²) >= 11 is 0. The minimum atomic E-state index is -0.374. The van der Waals surface area contributed by atoms with Gasteiger partial charge in [-0.05, 0) is 45.1 Å². The van der Waals surface area contributed by atoms with Crippen molar-refractivity contribution in [1.82, 2.24) is 9.55 Å². The molecule has 1 saturated carbocycles. The van der Waals surface area contributed by atoms with Crippen molar-refractivity contribution in [3.05, 3.63) is 30.0 Å².